The second-order valence-electron chi connectivity index (χ2n) is 6.07. The lowest BCUT2D eigenvalue weighted by atomic mass is 10.1. The van der Waals surface area contributed by atoms with Crippen molar-refractivity contribution < 1.29 is 4.42 Å². The lowest BCUT2D eigenvalue weighted by molar-refractivity contribution is 0.270. The second kappa shape index (κ2) is 7.03. The van der Waals surface area contributed by atoms with Crippen LogP contribution in [0, 0.1) is 0 Å². The Hall–Kier alpha value is -2.73. The Labute approximate surface area is 147 Å². The van der Waals surface area contributed by atoms with Gasteiger partial charge in [0.2, 0.25) is 5.95 Å². The van der Waals surface area contributed by atoms with Crippen LogP contribution in [0.4, 0.5) is 5.95 Å². The van der Waals surface area contributed by atoms with Gasteiger partial charge in [-0.25, -0.2) is 9.97 Å². The summed E-state index contributed by atoms with van der Waals surface area (Å²) in [5.41, 5.74) is 2.80. The molecule has 3 aromatic rings. The largest absolute Gasteiger partial charge is 0.463 e. The van der Waals surface area contributed by atoms with Crippen molar-refractivity contribution in [1.82, 2.24) is 19.9 Å². The first-order chi connectivity index (χ1) is 12.3. The Morgan fingerprint density at radius 3 is 2.56 bits per heavy atom. The number of furan rings is 1. The highest BCUT2D eigenvalue weighted by atomic mass is 16.3. The molecular weight excluding hydrogens is 314 g/mol. The van der Waals surface area contributed by atoms with Gasteiger partial charge in [-0.15, -0.1) is 0 Å². The maximum absolute atomic E-state index is 5.63. The maximum Gasteiger partial charge on any atom is 0.226 e. The Bertz CT molecular complexity index is 811. The molecule has 1 saturated heterocycles. The number of hydrogen-bond acceptors (Lipinski definition) is 6. The molecule has 0 N–H and O–H groups in total. The van der Waals surface area contributed by atoms with Gasteiger partial charge in [0, 0.05) is 50.3 Å². The van der Waals surface area contributed by atoms with Gasteiger partial charge in [0.1, 0.15) is 5.69 Å². The minimum Gasteiger partial charge on any atom is -0.463 e. The normalized spacial score (nSPS) is 15.5. The van der Waals surface area contributed by atoms with E-state index in [9.17, 15) is 0 Å². The first-order valence-electron chi connectivity index (χ1n) is 8.64. The molecule has 0 spiro atoms. The molecule has 4 heterocycles. The molecular formula is C19H21N5O. The summed E-state index contributed by atoms with van der Waals surface area (Å²) in [6, 6.07) is 7.74. The molecule has 4 rings (SSSR count). The van der Waals surface area contributed by atoms with Crippen LogP contribution in [0.3, 0.4) is 0 Å². The van der Waals surface area contributed by atoms with Crippen LogP contribution in [0.1, 0.15) is 6.92 Å². The number of nitrogens with zero attached hydrogens (tertiary/aromatic N) is 5. The lowest BCUT2D eigenvalue weighted by Gasteiger charge is -2.34. The Balaban J connectivity index is 1.71. The van der Waals surface area contributed by atoms with E-state index in [2.05, 4.69) is 26.7 Å². The molecule has 1 fully saturated rings. The third kappa shape index (κ3) is 3.25. The van der Waals surface area contributed by atoms with E-state index < -0.39 is 0 Å². The van der Waals surface area contributed by atoms with Crippen LogP contribution in [-0.2, 0) is 0 Å². The number of likely N-dealkylation sites (N-methyl/N-ethyl adjacent to an activating group) is 1. The van der Waals surface area contributed by atoms with Crippen molar-refractivity contribution in [3.63, 3.8) is 0 Å². The van der Waals surface area contributed by atoms with E-state index in [1.807, 2.05) is 30.5 Å². The number of aromatic nitrogens is 3. The lowest BCUT2D eigenvalue weighted by Crippen LogP contribution is -2.46. The number of piperazine rings is 1. The smallest absolute Gasteiger partial charge is 0.226 e. The van der Waals surface area contributed by atoms with Crippen LogP contribution >= 0.6 is 0 Å². The van der Waals surface area contributed by atoms with E-state index in [0.717, 1.165) is 61.3 Å². The van der Waals surface area contributed by atoms with Crippen molar-refractivity contribution in [2.45, 2.75) is 6.92 Å². The van der Waals surface area contributed by atoms with Crippen molar-refractivity contribution >= 4 is 5.95 Å². The van der Waals surface area contributed by atoms with E-state index in [-0.39, 0.29) is 0 Å². The molecule has 25 heavy (non-hydrogen) atoms. The van der Waals surface area contributed by atoms with Gasteiger partial charge in [-0.05, 0) is 36.4 Å². The van der Waals surface area contributed by atoms with Crippen LogP contribution in [-0.4, -0.2) is 52.6 Å². The van der Waals surface area contributed by atoms with Gasteiger partial charge >= 0.3 is 0 Å². The molecule has 3 aromatic heterocycles. The predicted molar refractivity (Wildman–Crippen MR) is 97.3 cm³/mol. The Morgan fingerprint density at radius 1 is 1.08 bits per heavy atom. The highest BCUT2D eigenvalue weighted by molar-refractivity contribution is 5.78. The maximum atomic E-state index is 5.63. The number of rotatable bonds is 4. The van der Waals surface area contributed by atoms with E-state index in [1.165, 1.54) is 0 Å². The van der Waals surface area contributed by atoms with Crippen LogP contribution in [0.2, 0.25) is 0 Å². The highest BCUT2D eigenvalue weighted by Crippen LogP contribution is 2.31. The first-order valence-corrected chi connectivity index (χ1v) is 8.64. The second-order valence-corrected chi connectivity index (χ2v) is 6.07. The van der Waals surface area contributed by atoms with Crippen LogP contribution in [0.5, 0.6) is 0 Å². The quantitative estimate of drug-likeness (QED) is 0.731. The van der Waals surface area contributed by atoms with Crippen molar-refractivity contribution in [3.05, 3.63) is 49.1 Å². The molecule has 6 nitrogen and oxygen atoms in total. The van der Waals surface area contributed by atoms with Crippen LogP contribution in [0.25, 0.3) is 22.6 Å². The van der Waals surface area contributed by atoms with E-state index in [4.69, 9.17) is 9.40 Å². The van der Waals surface area contributed by atoms with Crippen molar-refractivity contribution in [2.75, 3.05) is 37.6 Å². The van der Waals surface area contributed by atoms with Gasteiger partial charge in [0.05, 0.1) is 6.26 Å². The van der Waals surface area contributed by atoms with Gasteiger partial charge in [0.15, 0.2) is 5.76 Å². The monoisotopic (exact) mass is 335 g/mol. The van der Waals surface area contributed by atoms with E-state index >= 15 is 0 Å². The predicted octanol–water partition coefficient (Wildman–Crippen LogP) is 2.94. The van der Waals surface area contributed by atoms with Crippen molar-refractivity contribution in [2.24, 2.45) is 0 Å². The minimum absolute atomic E-state index is 0.752. The van der Waals surface area contributed by atoms with Crippen LogP contribution in [0.15, 0.2) is 53.5 Å². The van der Waals surface area contributed by atoms with Gasteiger partial charge in [-0.3, -0.25) is 4.98 Å². The van der Waals surface area contributed by atoms with E-state index in [1.54, 1.807) is 18.7 Å². The third-order valence-corrected chi connectivity index (χ3v) is 4.62. The Kier molecular flexibility index (Phi) is 4.43. The molecule has 0 saturated carbocycles. The fraction of sp³-hybridized carbons (Fsp3) is 0.316. The summed E-state index contributed by atoms with van der Waals surface area (Å²) < 4.78 is 5.63. The molecule has 128 valence electrons. The number of hydrogen-bond donors (Lipinski definition) is 0. The fourth-order valence-corrected chi connectivity index (χ4v) is 3.13. The van der Waals surface area contributed by atoms with E-state index in [0.29, 0.717) is 0 Å². The molecule has 0 aromatic carbocycles. The molecule has 1 aliphatic rings. The van der Waals surface area contributed by atoms with Crippen LogP contribution < -0.4 is 4.90 Å². The zero-order valence-corrected chi connectivity index (χ0v) is 14.3. The molecule has 0 amide bonds. The van der Waals surface area contributed by atoms with Gasteiger partial charge in [-0.2, -0.15) is 0 Å². The van der Waals surface area contributed by atoms with Gasteiger partial charge < -0.3 is 14.2 Å². The van der Waals surface area contributed by atoms with Gasteiger partial charge in [0.25, 0.3) is 0 Å². The summed E-state index contributed by atoms with van der Waals surface area (Å²) in [7, 11) is 0. The topological polar surface area (TPSA) is 58.3 Å². The molecule has 0 unspecified atom stereocenters. The average molecular weight is 335 g/mol. The summed E-state index contributed by atoms with van der Waals surface area (Å²) in [5.74, 6) is 1.52. The average Bonchev–Trinajstić information content (AvgIpc) is 3.23. The third-order valence-electron chi connectivity index (χ3n) is 4.62. The zero-order valence-electron chi connectivity index (χ0n) is 14.3. The minimum atomic E-state index is 0.752. The summed E-state index contributed by atoms with van der Waals surface area (Å²) in [5, 5.41) is 0. The Morgan fingerprint density at radius 2 is 1.88 bits per heavy atom. The highest BCUT2D eigenvalue weighted by Gasteiger charge is 2.20. The van der Waals surface area contributed by atoms with Gasteiger partial charge in [-0.1, -0.05) is 6.92 Å². The number of anilines is 1. The molecule has 0 atom stereocenters. The summed E-state index contributed by atoms with van der Waals surface area (Å²) in [6.07, 6.45) is 7.12. The fourth-order valence-electron chi connectivity index (χ4n) is 3.13. The summed E-state index contributed by atoms with van der Waals surface area (Å²) >= 11 is 0. The SMILES string of the molecule is CCN1CCN(c2ncc(-c3ccncc3)c(-c3ccco3)n2)CC1. The zero-order chi connectivity index (χ0) is 17.1. The molecule has 1 aliphatic heterocycles. The molecule has 0 aliphatic carbocycles. The van der Waals surface area contributed by atoms with Crippen molar-refractivity contribution in [1.29, 1.82) is 0 Å². The molecule has 0 radical (unpaired) electrons. The van der Waals surface area contributed by atoms with Crippen molar-refractivity contribution in [3.8, 4) is 22.6 Å². The standard InChI is InChI=1S/C19H21N5O/c1-2-23-9-11-24(12-10-23)19-21-14-16(15-5-7-20-8-6-15)18(22-19)17-4-3-13-25-17/h3-8,13-14H,2,9-12H2,1H3. The summed E-state index contributed by atoms with van der Waals surface area (Å²) in [4.78, 5) is 18.3. The molecule has 0 bridgehead atoms. The summed E-state index contributed by atoms with van der Waals surface area (Å²) in [6.45, 7) is 7.27. The first kappa shape index (κ1) is 15.8. The molecule has 6 heteroatoms. The number of pyridine rings is 1.